The maximum atomic E-state index is 13.1. The minimum Gasteiger partial charge on any atom is -0.462 e. The zero-order chi connectivity index (χ0) is 19.4. The van der Waals surface area contributed by atoms with Crippen molar-refractivity contribution in [2.24, 2.45) is 35.0 Å². The molecule has 1 saturated heterocycles. The summed E-state index contributed by atoms with van der Waals surface area (Å²) in [5.74, 6) is 2.81. The maximum absolute atomic E-state index is 13.1. The third kappa shape index (κ3) is 3.23. The van der Waals surface area contributed by atoms with Crippen LogP contribution in [0.25, 0.3) is 0 Å². The first kappa shape index (κ1) is 19.4. The minimum atomic E-state index is -0.415. The fraction of sp³-hybridized carbons (Fsp3) is 0.958. The van der Waals surface area contributed by atoms with Crippen LogP contribution >= 0.6 is 0 Å². The summed E-state index contributed by atoms with van der Waals surface area (Å²) in [6.07, 6.45) is 13.1. The van der Waals surface area contributed by atoms with Crippen molar-refractivity contribution in [3.05, 3.63) is 0 Å². The molecule has 0 aromatic rings. The SMILES string of the molecule is CC1CC2CCCC(C(=O)OCC3COC4(O3)C(C)CC3CCCC4C3)(C1)C2. The van der Waals surface area contributed by atoms with Crippen LogP contribution in [-0.4, -0.2) is 31.1 Å². The van der Waals surface area contributed by atoms with Gasteiger partial charge in [0.2, 0.25) is 0 Å². The Morgan fingerprint density at radius 2 is 1.89 bits per heavy atom. The molecule has 158 valence electrons. The van der Waals surface area contributed by atoms with E-state index in [1.165, 1.54) is 51.4 Å². The van der Waals surface area contributed by atoms with Crippen LogP contribution in [0.4, 0.5) is 0 Å². The zero-order valence-corrected chi connectivity index (χ0v) is 17.8. The van der Waals surface area contributed by atoms with Gasteiger partial charge in [0.25, 0.3) is 0 Å². The van der Waals surface area contributed by atoms with Gasteiger partial charge in [-0.2, -0.15) is 0 Å². The van der Waals surface area contributed by atoms with Crippen LogP contribution in [-0.2, 0) is 19.0 Å². The van der Waals surface area contributed by atoms with E-state index in [-0.39, 0.29) is 17.5 Å². The second-order valence-electron chi connectivity index (χ2n) is 11.0. The topological polar surface area (TPSA) is 44.8 Å². The summed E-state index contributed by atoms with van der Waals surface area (Å²) in [6.45, 7) is 5.54. The fourth-order valence-corrected chi connectivity index (χ4v) is 7.83. The van der Waals surface area contributed by atoms with Crippen LogP contribution in [0.2, 0.25) is 0 Å². The van der Waals surface area contributed by atoms with E-state index < -0.39 is 5.79 Å². The largest absolute Gasteiger partial charge is 0.462 e. The average molecular weight is 391 g/mol. The number of ether oxygens (including phenoxy) is 3. The van der Waals surface area contributed by atoms with Crippen molar-refractivity contribution < 1.29 is 19.0 Å². The molecule has 1 aliphatic heterocycles. The number of esters is 1. The van der Waals surface area contributed by atoms with Crippen molar-refractivity contribution >= 4 is 5.97 Å². The number of hydrogen-bond acceptors (Lipinski definition) is 4. The molecule has 4 heteroatoms. The molecule has 1 heterocycles. The van der Waals surface area contributed by atoms with Gasteiger partial charge in [0.05, 0.1) is 12.0 Å². The summed E-state index contributed by atoms with van der Waals surface area (Å²) in [5.41, 5.74) is -0.216. The average Bonchev–Trinajstić information content (AvgIpc) is 3.10. The van der Waals surface area contributed by atoms with E-state index in [2.05, 4.69) is 13.8 Å². The zero-order valence-electron chi connectivity index (χ0n) is 17.8. The summed E-state index contributed by atoms with van der Waals surface area (Å²) < 4.78 is 18.8. The normalized spacial score (nSPS) is 50.5. The first-order chi connectivity index (χ1) is 13.5. The highest BCUT2D eigenvalue weighted by Gasteiger charge is 2.56. The molecule has 0 aromatic heterocycles. The molecule has 0 amide bonds. The lowest BCUT2D eigenvalue weighted by atomic mass is 9.59. The first-order valence-electron chi connectivity index (χ1n) is 12.0. The highest BCUT2D eigenvalue weighted by molar-refractivity contribution is 5.77. The number of hydrogen-bond donors (Lipinski definition) is 0. The van der Waals surface area contributed by atoms with E-state index in [9.17, 15) is 4.79 Å². The molecular weight excluding hydrogens is 352 g/mol. The highest BCUT2D eigenvalue weighted by atomic mass is 16.8. The van der Waals surface area contributed by atoms with Crippen molar-refractivity contribution in [2.45, 2.75) is 96.4 Å². The molecule has 5 aliphatic rings. The predicted octanol–water partition coefficient (Wildman–Crippen LogP) is 5.09. The Balaban J connectivity index is 1.20. The summed E-state index contributed by atoms with van der Waals surface area (Å²) in [6, 6.07) is 0. The van der Waals surface area contributed by atoms with Gasteiger partial charge in [0, 0.05) is 11.8 Å². The van der Waals surface area contributed by atoms with Gasteiger partial charge >= 0.3 is 5.97 Å². The predicted molar refractivity (Wildman–Crippen MR) is 107 cm³/mol. The van der Waals surface area contributed by atoms with E-state index in [1.54, 1.807) is 0 Å². The quantitative estimate of drug-likeness (QED) is 0.629. The molecular formula is C24H38O4. The Morgan fingerprint density at radius 3 is 2.79 bits per heavy atom. The van der Waals surface area contributed by atoms with Crippen LogP contribution < -0.4 is 0 Å². The first-order valence-corrected chi connectivity index (χ1v) is 12.0. The molecule has 4 nitrogen and oxygen atoms in total. The summed E-state index contributed by atoms with van der Waals surface area (Å²) in [5, 5.41) is 0. The Labute approximate surface area is 170 Å². The van der Waals surface area contributed by atoms with Crippen LogP contribution in [0.3, 0.4) is 0 Å². The van der Waals surface area contributed by atoms with Gasteiger partial charge in [-0.25, -0.2) is 0 Å². The van der Waals surface area contributed by atoms with Crippen molar-refractivity contribution in [1.29, 1.82) is 0 Å². The maximum Gasteiger partial charge on any atom is 0.312 e. The van der Waals surface area contributed by atoms with Crippen LogP contribution in [0.5, 0.6) is 0 Å². The van der Waals surface area contributed by atoms with Crippen molar-refractivity contribution in [2.75, 3.05) is 13.2 Å². The molecule has 1 spiro atoms. The third-order valence-corrected chi connectivity index (χ3v) is 8.83. The van der Waals surface area contributed by atoms with Crippen LogP contribution in [0, 0.1) is 35.0 Å². The molecule has 0 N–H and O–H groups in total. The van der Waals surface area contributed by atoms with Gasteiger partial charge in [-0.1, -0.05) is 39.5 Å². The molecule has 28 heavy (non-hydrogen) atoms. The van der Waals surface area contributed by atoms with E-state index in [4.69, 9.17) is 14.2 Å². The van der Waals surface area contributed by atoms with Crippen molar-refractivity contribution in [3.8, 4) is 0 Å². The second-order valence-corrected chi connectivity index (χ2v) is 11.0. The number of rotatable bonds is 3. The Hall–Kier alpha value is -0.610. The number of fused-ring (bicyclic) bond motifs is 5. The van der Waals surface area contributed by atoms with Crippen molar-refractivity contribution in [1.82, 2.24) is 0 Å². The van der Waals surface area contributed by atoms with Gasteiger partial charge in [-0.15, -0.1) is 0 Å². The molecule has 5 fully saturated rings. The van der Waals surface area contributed by atoms with Crippen molar-refractivity contribution in [3.63, 3.8) is 0 Å². The van der Waals surface area contributed by atoms with Gasteiger partial charge in [-0.05, 0) is 62.7 Å². The molecule has 4 aliphatic carbocycles. The van der Waals surface area contributed by atoms with Gasteiger partial charge in [0.15, 0.2) is 5.79 Å². The highest BCUT2D eigenvalue weighted by Crippen LogP contribution is 2.54. The van der Waals surface area contributed by atoms with Gasteiger partial charge in [0.1, 0.15) is 12.7 Å². The van der Waals surface area contributed by atoms with E-state index >= 15 is 0 Å². The lowest BCUT2D eigenvalue weighted by Gasteiger charge is -2.49. The molecule has 0 radical (unpaired) electrons. The van der Waals surface area contributed by atoms with Crippen LogP contribution in [0.1, 0.15) is 84.5 Å². The summed E-state index contributed by atoms with van der Waals surface area (Å²) in [7, 11) is 0. The Bertz CT molecular complexity index is 599. The monoisotopic (exact) mass is 390 g/mol. The molecule has 4 bridgehead atoms. The number of carbonyl (C=O) groups is 1. The minimum absolute atomic E-state index is 0.0442. The third-order valence-electron chi connectivity index (χ3n) is 8.83. The van der Waals surface area contributed by atoms with Crippen LogP contribution in [0.15, 0.2) is 0 Å². The molecule has 8 unspecified atom stereocenters. The van der Waals surface area contributed by atoms with E-state index in [0.717, 1.165) is 31.1 Å². The van der Waals surface area contributed by atoms with Gasteiger partial charge in [-0.3, -0.25) is 4.79 Å². The number of carbonyl (C=O) groups excluding carboxylic acids is 1. The smallest absolute Gasteiger partial charge is 0.312 e. The lowest BCUT2D eigenvalue weighted by Crippen LogP contribution is -2.52. The molecule has 0 aromatic carbocycles. The Morgan fingerprint density at radius 1 is 1.04 bits per heavy atom. The Kier molecular flexibility index (Phi) is 5.02. The molecule has 8 atom stereocenters. The van der Waals surface area contributed by atoms with E-state index in [0.29, 0.717) is 31.0 Å². The van der Waals surface area contributed by atoms with Gasteiger partial charge < -0.3 is 14.2 Å². The fourth-order valence-electron chi connectivity index (χ4n) is 7.83. The lowest BCUT2D eigenvalue weighted by molar-refractivity contribution is -0.265. The second kappa shape index (κ2) is 7.27. The van der Waals surface area contributed by atoms with E-state index in [1.807, 2.05) is 0 Å². The molecule has 4 saturated carbocycles. The standard InChI is InChI=1S/C24H38O4/c1-16-9-19-6-4-8-23(12-16,13-19)22(25)26-14-21-15-27-24(28-21)17(2)10-18-5-3-7-20(24)11-18/h16-21H,3-15H2,1-2H3. The summed E-state index contributed by atoms with van der Waals surface area (Å²) >= 11 is 0. The molecule has 5 rings (SSSR count). The summed E-state index contributed by atoms with van der Waals surface area (Å²) in [4.78, 5) is 13.1.